The van der Waals surface area contributed by atoms with Crippen LogP contribution in [0.3, 0.4) is 0 Å². The lowest BCUT2D eigenvalue weighted by Crippen LogP contribution is -2.28. The van der Waals surface area contributed by atoms with E-state index < -0.39 is 10.8 Å². The van der Waals surface area contributed by atoms with Gasteiger partial charge in [0.15, 0.2) is 11.0 Å². The lowest BCUT2D eigenvalue weighted by molar-refractivity contribution is -0.385. The average Bonchev–Trinajstić information content (AvgIpc) is 3.59. The molecule has 220 valence electrons. The van der Waals surface area contributed by atoms with E-state index in [1.165, 1.54) is 36.9 Å². The maximum absolute atomic E-state index is 13.5. The zero-order valence-electron chi connectivity index (χ0n) is 23.7. The van der Waals surface area contributed by atoms with Gasteiger partial charge in [-0.3, -0.25) is 19.7 Å². The quantitative estimate of drug-likeness (QED) is 0.142. The Morgan fingerprint density at radius 2 is 1.79 bits per heavy atom. The molecule has 0 fully saturated rings. The number of hydrogen-bond acceptors (Lipinski definition) is 8. The van der Waals surface area contributed by atoms with Crippen molar-refractivity contribution in [2.75, 3.05) is 5.75 Å². The molecule has 0 aliphatic carbocycles. The summed E-state index contributed by atoms with van der Waals surface area (Å²) in [4.78, 5) is 37.0. The number of benzene rings is 3. The summed E-state index contributed by atoms with van der Waals surface area (Å²) in [6.45, 7) is 3.62. The van der Waals surface area contributed by atoms with Crippen molar-refractivity contribution in [1.29, 1.82) is 0 Å². The Kier molecular flexibility index (Phi) is 9.02. The van der Waals surface area contributed by atoms with Gasteiger partial charge in [0, 0.05) is 35.1 Å². The van der Waals surface area contributed by atoms with Gasteiger partial charge in [-0.15, -0.1) is 10.2 Å². The molecule has 1 atom stereocenters. The fraction of sp³-hybridized carbons (Fsp3) is 0.233. The summed E-state index contributed by atoms with van der Waals surface area (Å²) in [6, 6.07) is 20.2. The number of hydrazone groups is 1. The van der Waals surface area contributed by atoms with E-state index in [9.17, 15) is 19.7 Å². The van der Waals surface area contributed by atoms with Crippen molar-refractivity contribution in [2.45, 2.75) is 38.0 Å². The summed E-state index contributed by atoms with van der Waals surface area (Å²) in [6.07, 6.45) is 0.596. The Labute approximate surface area is 260 Å². The summed E-state index contributed by atoms with van der Waals surface area (Å²) >= 11 is 4.70. The van der Waals surface area contributed by atoms with E-state index in [4.69, 9.17) is 5.10 Å². The molecule has 0 bridgehead atoms. The number of thioether (sulfide) groups is 1. The SMILES string of the molecule is Cc1ccc(C2CC(c3ccc(Br)cc3)=NN2C(=O)CSc2nnc(CNC(=O)c3cccc([N+](=O)[O-])c3C)n2C)cc1. The van der Waals surface area contributed by atoms with Gasteiger partial charge in [-0.05, 0) is 43.2 Å². The monoisotopic (exact) mass is 661 g/mol. The van der Waals surface area contributed by atoms with Gasteiger partial charge in [0.25, 0.3) is 17.5 Å². The third-order valence-electron chi connectivity index (χ3n) is 7.21. The van der Waals surface area contributed by atoms with E-state index in [-0.39, 0.29) is 41.1 Å². The number of nitro benzene ring substituents is 1. The standard InChI is InChI=1S/C30H28BrN7O4S/c1-18-7-9-21(10-8-18)26-15-24(20-11-13-22(31)14-12-20)35-37(26)28(39)17-43-30-34-33-27(36(30)3)16-32-29(40)23-5-4-6-25(19(23)2)38(41)42/h4-14,26H,15-17H2,1-3H3,(H,32,40). The molecule has 0 spiro atoms. The molecule has 0 saturated heterocycles. The summed E-state index contributed by atoms with van der Waals surface area (Å²) in [5, 5.41) is 29.2. The molecule has 1 aromatic heterocycles. The second-order valence-electron chi connectivity index (χ2n) is 10.1. The molecule has 43 heavy (non-hydrogen) atoms. The Morgan fingerprint density at radius 1 is 1.07 bits per heavy atom. The molecule has 1 aliphatic heterocycles. The minimum atomic E-state index is -0.516. The van der Waals surface area contributed by atoms with Gasteiger partial charge in [-0.2, -0.15) is 5.10 Å². The molecule has 5 rings (SSSR count). The highest BCUT2D eigenvalue weighted by molar-refractivity contribution is 9.10. The minimum absolute atomic E-state index is 0.0570. The highest BCUT2D eigenvalue weighted by atomic mass is 79.9. The van der Waals surface area contributed by atoms with Crippen molar-refractivity contribution in [3.8, 4) is 0 Å². The van der Waals surface area contributed by atoms with Crippen LogP contribution in [-0.2, 0) is 18.4 Å². The third kappa shape index (κ3) is 6.67. The Balaban J connectivity index is 1.26. The molecule has 1 N–H and O–H groups in total. The molecule has 1 unspecified atom stereocenters. The molecule has 4 aromatic rings. The van der Waals surface area contributed by atoms with Gasteiger partial charge < -0.3 is 9.88 Å². The number of hydrogen-bond donors (Lipinski definition) is 1. The fourth-order valence-electron chi connectivity index (χ4n) is 4.74. The molecule has 0 saturated carbocycles. The number of aryl methyl sites for hydroxylation is 1. The first-order valence-corrected chi connectivity index (χ1v) is 15.2. The third-order valence-corrected chi connectivity index (χ3v) is 8.74. The van der Waals surface area contributed by atoms with Crippen molar-refractivity contribution < 1.29 is 14.5 Å². The van der Waals surface area contributed by atoms with Crippen LogP contribution in [0.4, 0.5) is 5.69 Å². The summed E-state index contributed by atoms with van der Waals surface area (Å²) in [5.41, 5.74) is 4.33. The zero-order chi connectivity index (χ0) is 30.7. The topological polar surface area (TPSA) is 136 Å². The van der Waals surface area contributed by atoms with E-state index in [2.05, 4.69) is 31.4 Å². The lowest BCUT2D eigenvalue weighted by Gasteiger charge is -2.22. The molecular weight excluding hydrogens is 634 g/mol. The Bertz CT molecular complexity index is 1720. The largest absolute Gasteiger partial charge is 0.345 e. The summed E-state index contributed by atoms with van der Waals surface area (Å²) < 4.78 is 2.67. The van der Waals surface area contributed by atoms with Crippen molar-refractivity contribution in [1.82, 2.24) is 25.1 Å². The number of amides is 2. The average molecular weight is 663 g/mol. The van der Waals surface area contributed by atoms with E-state index in [0.717, 1.165) is 26.9 Å². The number of carbonyl (C=O) groups excluding carboxylic acids is 2. The first kappa shape index (κ1) is 30.1. The van der Waals surface area contributed by atoms with E-state index in [0.29, 0.717) is 17.4 Å². The molecule has 1 aliphatic rings. The predicted molar refractivity (Wildman–Crippen MR) is 167 cm³/mol. The highest BCUT2D eigenvalue weighted by Crippen LogP contribution is 2.34. The number of nitrogens with one attached hydrogen (secondary N) is 1. The van der Waals surface area contributed by atoms with Crippen molar-refractivity contribution >= 4 is 50.9 Å². The van der Waals surface area contributed by atoms with Crippen LogP contribution in [0.25, 0.3) is 0 Å². The number of rotatable bonds is 9. The number of carbonyl (C=O) groups is 2. The number of nitro groups is 1. The second-order valence-corrected chi connectivity index (χ2v) is 11.9. The number of aromatic nitrogens is 3. The lowest BCUT2D eigenvalue weighted by atomic mass is 9.98. The van der Waals surface area contributed by atoms with Gasteiger partial charge in [-0.25, -0.2) is 5.01 Å². The van der Waals surface area contributed by atoms with Gasteiger partial charge in [-0.1, -0.05) is 75.7 Å². The highest BCUT2D eigenvalue weighted by Gasteiger charge is 2.33. The van der Waals surface area contributed by atoms with Crippen LogP contribution in [0, 0.1) is 24.0 Å². The molecule has 11 nitrogen and oxygen atoms in total. The zero-order valence-corrected chi connectivity index (χ0v) is 26.1. The van der Waals surface area contributed by atoms with Gasteiger partial charge >= 0.3 is 0 Å². The molecule has 0 radical (unpaired) electrons. The Hall–Kier alpha value is -4.36. The van der Waals surface area contributed by atoms with Crippen LogP contribution >= 0.6 is 27.7 Å². The normalized spacial score (nSPS) is 14.5. The molecule has 13 heteroatoms. The summed E-state index contributed by atoms with van der Waals surface area (Å²) in [5.74, 6) is -0.0588. The first-order chi connectivity index (χ1) is 20.6. The molecule has 2 amide bonds. The van der Waals surface area contributed by atoms with Crippen LogP contribution in [0.2, 0.25) is 0 Å². The Morgan fingerprint density at radius 3 is 2.49 bits per heavy atom. The van der Waals surface area contributed by atoms with Crippen LogP contribution in [-0.4, -0.2) is 48.0 Å². The minimum Gasteiger partial charge on any atom is -0.345 e. The first-order valence-electron chi connectivity index (χ1n) is 13.4. The van der Waals surface area contributed by atoms with E-state index in [1.54, 1.807) is 16.6 Å². The molecule has 3 aromatic carbocycles. The van der Waals surface area contributed by atoms with Crippen LogP contribution in [0.1, 0.15) is 50.9 Å². The molecule has 2 heterocycles. The predicted octanol–water partition coefficient (Wildman–Crippen LogP) is 5.50. The number of nitrogens with zero attached hydrogens (tertiary/aromatic N) is 6. The van der Waals surface area contributed by atoms with E-state index >= 15 is 0 Å². The van der Waals surface area contributed by atoms with Crippen molar-refractivity contribution in [3.05, 3.63) is 115 Å². The van der Waals surface area contributed by atoms with Crippen molar-refractivity contribution in [3.63, 3.8) is 0 Å². The maximum atomic E-state index is 13.5. The van der Waals surface area contributed by atoms with Gasteiger partial charge in [0.2, 0.25) is 0 Å². The molecular formula is C30H28BrN7O4S. The number of halogens is 1. The van der Waals surface area contributed by atoms with Crippen LogP contribution in [0.15, 0.2) is 81.5 Å². The van der Waals surface area contributed by atoms with Gasteiger partial charge in [0.1, 0.15) is 0 Å². The second kappa shape index (κ2) is 12.9. The fourth-order valence-corrected chi connectivity index (χ4v) is 5.79. The van der Waals surface area contributed by atoms with Crippen LogP contribution in [0.5, 0.6) is 0 Å². The van der Waals surface area contributed by atoms with Crippen LogP contribution < -0.4 is 5.32 Å². The smallest absolute Gasteiger partial charge is 0.273 e. The van der Waals surface area contributed by atoms with Crippen molar-refractivity contribution in [2.24, 2.45) is 12.1 Å². The summed E-state index contributed by atoms with van der Waals surface area (Å²) in [7, 11) is 1.75. The maximum Gasteiger partial charge on any atom is 0.273 e. The van der Waals surface area contributed by atoms with Gasteiger partial charge in [0.05, 0.1) is 29.0 Å². The van der Waals surface area contributed by atoms with E-state index in [1.807, 2.05) is 55.5 Å².